The number of halogens is 1. The Bertz CT molecular complexity index is 1240. The number of carbonyl (C=O) groups excluding carboxylic acids is 1. The zero-order valence-electron chi connectivity index (χ0n) is 17.2. The Labute approximate surface area is 179 Å². The Morgan fingerprint density at radius 3 is 2.74 bits per heavy atom. The summed E-state index contributed by atoms with van der Waals surface area (Å²) < 4.78 is 44.4. The Hall–Kier alpha value is -3.20. The van der Waals surface area contributed by atoms with Gasteiger partial charge in [0.1, 0.15) is 23.1 Å². The molecular weight excluding hydrogens is 421 g/mol. The zero-order valence-corrected chi connectivity index (χ0v) is 18.0. The van der Waals surface area contributed by atoms with Gasteiger partial charge >= 0.3 is 0 Å². The monoisotopic (exact) mass is 443 g/mol. The maximum Gasteiger partial charge on any atom is 0.254 e. The van der Waals surface area contributed by atoms with E-state index in [4.69, 9.17) is 4.74 Å². The number of benzene rings is 2. The van der Waals surface area contributed by atoms with Gasteiger partial charge in [-0.1, -0.05) is 13.0 Å². The van der Waals surface area contributed by atoms with Gasteiger partial charge in [-0.25, -0.2) is 12.8 Å². The average molecular weight is 444 g/mol. The number of nitrogens with one attached hydrogen (secondary N) is 1. The van der Waals surface area contributed by atoms with Crippen LogP contribution in [-0.4, -0.2) is 48.8 Å². The molecule has 9 heteroatoms. The molecule has 2 heterocycles. The van der Waals surface area contributed by atoms with Gasteiger partial charge in [0.2, 0.25) is 0 Å². The molecule has 1 N–H and O–H groups in total. The van der Waals surface area contributed by atoms with E-state index in [-0.39, 0.29) is 23.5 Å². The highest BCUT2D eigenvalue weighted by Gasteiger charge is 2.27. The van der Waals surface area contributed by atoms with E-state index in [0.717, 1.165) is 29.0 Å². The molecular formula is C22H22FN3O4S. The van der Waals surface area contributed by atoms with Crippen molar-refractivity contribution in [1.29, 1.82) is 0 Å². The number of aromatic amines is 1. The molecule has 0 saturated heterocycles. The molecule has 1 aromatic heterocycles. The van der Waals surface area contributed by atoms with Gasteiger partial charge in [0, 0.05) is 41.3 Å². The number of hydrogen-bond acceptors (Lipinski definition) is 5. The summed E-state index contributed by atoms with van der Waals surface area (Å²) >= 11 is 0. The fourth-order valence-corrected chi connectivity index (χ4v) is 4.52. The Morgan fingerprint density at radius 1 is 1.26 bits per heavy atom. The Balaban J connectivity index is 1.69. The van der Waals surface area contributed by atoms with Crippen LogP contribution in [0.1, 0.15) is 28.4 Å². The van der Waals surface area contributed by atoms with Crippen molar-refractivity contribution in [1.82, 2.24) is 15.1 Å². The lowest BCUT2D eigenvalue weighted by molar-refractivity contribution is 0.0731. The number of hydrogen-bond donors (Lipinski definition) is 1. The van der Waals surface area contributed by atoms with Crippen molar-refractivity contribution < 1.29 is 22.3 Å². The van der Waals surface area contributed by atoms with Gasteiger partial charge in [0.25, 0.3) is 5.91 Å². The number of rotatable bonds is 4. The van der Waals surface area contributed by atoms with Gasteiger partial charge in [0.15, 0.2) is 9.84 Å². The van der Waals surface area contributed by atoms with Gasteiger partial charge in [-0.05, 0) is 36.2 Å². The second kappa shape index (κ2) is 8.14. The van der Waals surface area contributed by atoms with Crippen molar-refractivity contribution in [3.05, 3.63) is 65.2 Å². The standard InChI is InChI=1S/C22H22FN3O4S/c1-3-17-18(5-7-20(21(17)23)31(2,28)29)22(27)26-8-9-30-19-6-4-14(10-15(19)13-26)16-11-24-25-12-16/h4-7,10-12H,3,8-9,13H2,1-2H3,(H,24,25). The summed E-state index contributed by atoms with van der Waals surface area (Å²) in [5.41, 5.74) is 2.95. The van der Waals surface area contributed by atoms with Crippen LogP contribution in [0.4, 0.5) is 4.39 Å². The maximum absolute atomic E-state index is 14.9. The minimum Gasteiger partial charge on any atom is -0.491 e. The summed E-state index contributed by atoms with van der Waals surface area (Å²) in [6, 6.07) is 8.30. The van der Waals surface area contributed by atoms with Crippen LogP contribution in [0.25, 0.3) is 11.1 Å². The molecule has 4 rings (SSSR count). The van der Waals surface area contributed by atoms with Crippen LogP contribution >= 0.6 is 0 Å². The van der Waals surface area contributed by atoms with E-state index in [1.807, 2.05) is 18.2 Å². The molecule has 0 unspecified atom stereocenters. The van der Waals surface area contributed by atoms with Crippen molar-refractivity contribution >= 4 is 15.7 Å². The first kappa shape index (κ1) is 21.0. The minimum atomic E-state index is -3.73. The van der Waals surface area contributed by atoms with E-state index in [0.29, 0.717) is 25.4 Å². The molecule has 0 aliphatic carbocycles. The number of aromatic nitrogens is 2. The zero-order chi connectivity index (χ0) is 22.2. The smallest absolute Gasteiger partial charge is 0.254 e. The van der Waals surface area contributed by atoms with Crippen LogP contribution in [0.3, 0.4) is 0 Å². The first-order valence-corrected chi connectivity index (χ1v) is 11.7. The highest BCUT2D eigenvalue weighted by molar-refractivity contribution is 7.90. The normalized spacial score (nSPS) is 14.0. The molecule has 0 radical (unpaired) electrons. The third kappa shape index (κ3) is 4.05. The average Bonchev–Trinajstić information content (AvgIpc) is 3.18. The quantitative estimate of drug-likeness (QED) is 0.669. The summed E-state index contributed by atoms with van der Waals surface area (Å²) in [6.07, 6.45) is 4.64. The maximum atomic E-state index is 14.9. The SMILES string of the molecule is CCc1c(C(=O)N2CCOc3ccc(-c4cn[nH]c4)cc3C2)ccc(S(C)(=O)=O)c1F. The summed E-state index contributed by atoms with van der Waals surface area (Å²) in [5.74, 6) is -0.526. The van der Waals surface area contributed by atoms with Crippen LogP contribution in [0.5, 0.6) is 5.75 Å². The molecule has 1 aliphatic heterocycles. The summed E-state index contributed by atoms with van der Waals surface area (Å²) in [7, 11) is -3.73. The van der Waals surface area contributed by atoms with Gasteiger partial charge in [-0.15, -0.1) is 0 Å². The first-order chi connectivity index (χ1) is 14.8. The Morgan fingerprint density at radius 2 is 2.06 bits per heavy atom. The largest absolute Gasteiger partial charge is 0.491 e. The molecule has 7 nitrogen and oxygen atoms in total. The van der Waals surface area contributed by atoms with Crippen molar-refractivity contribution in [3.63, 3.8) is 0 Å². The van der Waals surface area contributed by atoms with Crippen molar-refractivity contribution in [3.8, 4) is 16.9 Å². The van der Waals surface area contributed by atoms with E-state index < -0.39 is 20.5 Å². The predicted octanol–water partition coefficient (Wildman–Crippen LogP) is 3.22. The molecule has 0 atom stereocenters. The molecule has 3 aromatic rings. The lowest BCUT2D eigenvalue weighted by atomic mass is 10.0. The molecule has 31 heavy (non-hydrogen) atoms. The Kier molecular flexibility index (Phi) is 5.53. The van der Waals surface area contributed by atoms with Gasteiger partial charge in [-0.3, -0.25) is 9.89 Å². The van der Waals surface area contributed by atoms with Crippen LogP contribution < -0.4 is 4.74 Å². The molecule has 2 aromatic carbocycles. The van der Waals surface area contributed by atoms with Crippen molar-refractivity contribution in [2.45, 2.75) is 24.8 Å². The fraction of sp³-hybridized carbons (Fsp3) is 0.273. The lowest BCUT2D eigenvalue weighted by Gasteiger charge is -2.22. The van der Waals surface area contributed by atoms with Crippen molar-refractivity contribution in [2.75, 3.05) is 19.4 Å². The molecule has 0 bridgehead atoms. The molecule has 0 spiro atoms. The van der Waals surface area contributed by atoms with Crippen LogP contribution in [0, 0.1) is 5.82 Å². The highest BCUT2D eigenvalue weighted by Crippen LogP contribution is 2.30. The minimum absolute atomic E-state index is 0.102. The van der Waals surface area contributed by atoms with Gasteiger partial charge < -0.3 is 9.64 Å². The first-order valence-electron chi connectivity index (χ1n) is 9.85. The number of fused-ring (bicyclic) bond motifs is 1. The van der Waals surface area contributed by atoms with E-state index >= 15 is 0 Å². The molecule has 1 aliphatic rings. The third-order valence-electron chi connectivity index (χ3n) is 5.35. The molecule has 162 valence electrons. The number of H-pyrrole nitrogens is 1. The summed E-state index contributed by atoms with van der Waals surface area (Å²) in [5, 5.41) is 6.74. The van der Waals surface area contributed by atoms with E-state index in [2.05, 4.69) is 10.2 Å². The molecule has 0 saturated carbocycles. The van der Waals surface area contributed by atoms with Crippen molar-refractivity contribution in [2.24, 2.45) is 0 Å². The highest BCUT2D eigenvalue weighted by atomic mass is 32.2. The number of ether oxygens (including phenoxy) is 1. The third-order valence-corrected chi connectivity index (χ3v) is 6.46. The number of amides is 1. The second-order valence-electron chi connectivity index (χ2n) is 7.41. The van der Waals surface area contributed by atoms with E-state index in [1.54, 1.807) is 24.2 Å². The summed E-state index contributed by atoms with van der Waals surface area (Å²) in [6.45, 7) is 2.61. The number of carbonyl (C=O) groups is 1. The second-order valence-corrected chi connectivity index (χ2v) is 9.40. The predicted molar refractivity (Wildman–Crippen MR) is 113 cm³/mol. The molecule has 0 fully saturated rings. The van der Waals surface area contributed by atoms with E-state index in [9.17, 15) is 17.6 Å². The van der Waals surface area contributed by atoms with E-state index in [1.165, 1.54) is 6.07 Å². The van der Waals surface area contributed by atoms with Crippen LogP contribution in [0.15, 0.2) is 47.6 Å². The number of sulfone groups is 1. The molecule has 1 amide bonds. The lowest BCUT2D eigenvalue weighted by Crippen LogP contribution is -2.33. The van der Waals surface area contributed by atoms with Crippen LogP contribution in [0.2, 0.25) is 0 Å². The van der Waals surface area contributed by atoms with Crippen LogP contribution in [-0.2, 0) is 22.8 Å². The van der Waals surface area contributed by atoms with Gasteiger partial charge in [-0.2, -0.15) is 5.10 Å². The summed E-state index contributed by atoms with van der Waals surface area (Å²) in [4.78, 5) is 14.5. The fourth-order valence-electron chi connectivity index (χ4n) is 3.76. The van der Waals surface area contributed by atoms with Gasteiger partial charge in [0.05, 0.1) is 12.7 Å². The number of nitrogens with zero attached hydrogens (tertiary/aromatic N) is 2. The topological polar surface area (TPSA) is 92.4 Å².